The Morgan fingerprint density at radius 2 is 1.92 bits per heavy atom. The van der Waals surface area contributed by atoms with Crippen LogP contribution in [0.1, 0.15) is 57.2 Å². The molecule has 0 aromatic heterocycles. The third-order valence-corrected chi connectivity index (χ3v) is 8.58. The predicted octanol–water partition coefficient (Wildman–Crippen LogP) is 5.77. The minimum atomic E-state index is -0.940. The van der Waals surface area contributed by atoms with E-state index in [0.29, 0.717) is 18.1 Å². The number of piperidine rings is 1. The van der Waals surface area contributed by atoms with Gasteiger partial charge in [0, 0.05) is 47.8 Å². The topological polar surface area (TPSA) is 65.0 Å². The van der Waals surface area contributed by atoms with Crippen molar-refractivity contribution >= 4 is 17.2 Å². The van der Waals surface area contributed by atoms with Crippen LogP contribution in [0.3, 0.4) is 0 Å². The number of nitrogens with zero attached hydrogens (tertiary/aromatic N) is 1. The lowest BCUT2D eigenvalue weighted by molar-refractivity contribution is -0.125. The van der Waals surface area contributed by atoms with Crippen molar-refractivity contribution in [2.75, 3.05) is 32.8 Å². The molecule has 0 unspecified atom stereocenters. The summed E-state index contributed by atoms with van der Waals surface area (Å²) in [5, 5.41) is 26.6. The first-order chi connectivity index (χ1) is 18.0. The molecule has 3 aliphatic rings. The first-order valence-electron chi connectivity index (χ1n) is 13.5. The molecule has 202 valence electrons. The van der Waals surface area contributed by atoms with E-state index in [1.54, 1.807) is 0 Å². The molecule has 0 bridgehead atoms. The van der Waals surface area contributed by atoms with Gasteiger partial charge in [-0.05, 0) is 67.7 Å². The van der Waals surface area contributed by atoms with Crippen LogP contribution in [0, 0.1) is 5.41 Å². The fraction of sp³-hybridized carbons (Fsp3) is 0.438. The van der Waals surface area contributed by atoms with Crippen LogP contribution in [0.5, 0.6) is 5.75 Å². The van der Waals surface area contributed by atoms with E-state index >= 15 is 0 Å². The molecule has 0 spiro atoms. The van der Waals surface area contributed by atoms with Crippen molar-refractivity contribution in [1.82, 2.24) is 10.2 Å². The number of fused-ring (bicyclic) bond motifs is 1. The lowest BCUT2D eigenvalue weighted by Crippen LogP contribution is -2.55. The largest absolute Gasteiger partial charge is 0.487 e. The Kier molecular flexibility index (Phi) is 7.25. The fourth-order valence-corrected chi connectivity index (χ4v) is 6.09. The van der Waals surface area contributed by atoms with Crippen LogP contribution in [0.2, 0.25) is 5.02 Å². The number of dihydropyridines is 1. The normalized spacial score (nSPS) is 24.3. The number of likely N-dealkylation sites (tertiary alicyclic amines) is 1. The Labute approximate surface area is 231 Å². The predicted molar refractivity (Wildman–Crippen MR) is 154 cm³/mol. The lowest BCUT2D eigenvalue weighted by Gasteiger charge is -2.50. The number of hydrogen-bond donors (Lipinski definition) is 3. The zero-order valence-corrected chi connectivity index (χ0v) is 23.6. The molecule has 1 atom stereocenters. The van der Waals surface area contributed by atoms with Gasteiger partial charge in [0.2, 0.25) is 0 Å². The Morgan fingerprint density at radius 1 is 1.16 bits per heavy atom. The smallest absolute Gasteiger partial charge is 0.128 e. The lowest BCUT2D eigenvalue weighted by atomic mass is 9.66. The molecular formula is C32H39ClN2O3. The Balaban J connectivity index is 1.38. The minimum Gasteiger partial charge on any atom is -0.487 e. The van der Waals surface area contributed by atoms with Crippen LogP contribution in [-0.2, 0) is 11.2 Å². The van der Waals surface area contributed by atoms with Crippen molar-refractivity contribution in [3.63, 3.8) is 0 Å². The van der Waals surface area contributed by atoms with Crippen molar-refractivity contribution < 1.29 is 14.9 Å². The summed E-state index contributed by atoms with van der Waals surface area (Å²) in [6, 6.07) is 13.6. The molecule has 0 saturated carbocycles. The summed E-state index contributed by atoms with van der Waals surface area (Å²) in [7, 11) is 0. The summed E-state index contributed by atoms with van der Waals surface area (Å²) < 4.78 is 6.19. The molecule has 1 saturated heterocycles. The van der Waals surface area contributed by atoms with E-state index in [9.17, 15) is 10.2 Å². The molecule has 2 aromatic rings. The Bertz CT molecular complexity index is 1290. The second kappa shape index (κ2) is 10.2. The Hall–Kier alpha value is -2.57. The highest BCUT2D eigenvalue weighted by atomic mass is 35.5. The van der Waals surface area contributed by atoms with Crippen molar-refractivity contribution in [1.29, 1.82) is 0 Å². The first kappa shape index (κ1) is 27.0. The molecule has 38 heavy (non-hydrogen) atoms. The first-order valence-corrected chi connectivity index (χ1v) is 13.9. The van der Waals surface area contributed by atoms with Crippen LogP contribution in [-0.4, -0.2) is 47.9 Å². The molecule has 0 radical (unpaired) electrons. The van der Waals surface area contributed by atoms with E-state index in [1.807, 2.05) is 50.2 Å². The number of halogens is 1. The van der Waals surface area contributed by atoms with Crippen molar-refractivity contribution in [2.45, 2.75) is 51.7 Å². The molecule has 5 nitrogen and oxygen atoms in total. The van der Waals surface area contributed by atoms with Gasteiger partial charge in [-0.2, -0.15) is 0 Å². The van der Waals surface area contributed by atoms with E-state index in [-0.39, 0.29) is 5.41 Å². The number of allylic oxidation sites excluding steroid dienone is 3. The summed E-state index contributed by atoms with van der Waals surface area (Å²) in [6.45, 7) is 11.7. The number of ether oxygens (including phenoxy) is 1. The maximum Gasteiger partial charge on any atom is 0.128 e. The maximum absolute atomic E-state index is 11.7. The molecule has 0 amide bonds. The standard InChI is InChI=1S/C32H39ClN2O3/c1-30(2)21-35(18-15-32(30,37)22-9-12-24(33)13-10-22)17-6-8-25-26-7-5-16-34-28(26)20-38-29-14-11-23(19-27(25)29)31(3,4)36/h5,7-14,19,34,36-37H,6,15-18,20-21H2,1-4H3/t32-/m0/s1. The SMILES string of the molecule is CC(C)(O)c1ccc2c(c1)C(=CCCN1CC[C@](O)(c3ccc(Cl)cc3)C(C)(C)C1)C1=C(CO2)NCC=C1. The molecule has 2 aromatic carbocycles. The zero-order chi connectivity index (χ0) is 27.1. The number of hydrogen-bond acceptors (Lipinski definition) is 5. The van der Waals surface area contributed by atoms with E-state index in [2.05, 4.69) is 48.4 Å². The molecule has 3 aliphatic heterocycles. The fourth-order valence-electron chi connectivity index (χ4n) is 5.97. The average Bonchev–Trinajstić information content (AvgIpc) is 3.02. The Morgan fingerprint density at radius 3 is 2.63 bits per heavy atom. The summed E-state index contributed by atoms with van der Waals surface area (Å²) >= 11 is 6.10. The highest BCUT2D eigenvalue weighted by molar-refractivity contribution is 6.30. The molecular weight excluding hydrogens is 496 g/mol. The highest BCUT2D eigenvalue weighted by Gasteiger charge is 2.48. The summed E-state index contributed by atoms with van der Waals surface area (Å²) in [5.41, 5.74) is 4.04. The second-order valence-corrected chi connectivity index (χ2v) is 12.4. The van der Waals surface area contributed by atoms with Crippen molar-refractivity contribution in [3.8, 4) is 5.75 Å². The van der Waals surface area contributed by atoms with Gasteiger partial charge >= 0.3 is 0 Å². The third-order valence-electron chi connectivity index (χ3n) is 8.33. The van der Waals surface area contributed by atoms with Gasteiger partial charge in [-0.3, -0.25) is 0 Å². The molecule has 5 rings (SSSR count). The van der Waals surface area contributed by atoms with Crippen LogP contribution in [0.4, 0.5) is 0 Å². The van der Waals surface area contributed by atoms with Gasteiger partial charge in [-0.1, -0.05) is 61.9 Å². The average molecular weight is 535 g/mol. The highest BCUT2D eigenvalue weighted by Crippen LogP contribution is 2.46. The van der Waals surface area contributed by atoms with Gasteiger partial charge in [-0.25, -0.2) is 0 Å². The van der Waals surface area contributed by atoms with Gasteiger partial charge in [0.15, 0.2) is 0 Å². The number of aliphatic hydroxyl groups is 2. The van der Waals surface area contributed by atoms with Crippen LogP contribution in [0.25, 0.3) is 5.57 Å². The maximum atomic E-state index is 11.7. The zero-order valence-electron chi connectivity index (χ0n) is 22.9. The van der Waals surface area contributed by atoms with Gasteiger partial charge in [-0.15, -0.1) is 0 Å². The molecule has 6 heteroatoms. The van der Waals surface area contributed by atoms with E-state index in [4.69, 9.17) is 16.3 Å². The van der Waals surface area contributed by atoms with Gasteiger partial charge in [0.05, 0.1) is 16.9 Å². The summed E-state index contributed by atoms with van der Waals surface area (Å²) in [5.74, 6) is 0.834. The number of benzene rings is 2. The van der Waals surface area contributed by atoms with Gasteiger partial charge < -0.3 is 25.2 Å². The van der Waals surface area contributed by atoms with Gasteiger partial charge in [0.1, 0.15) is 12.4 Å². The summed E-state index contributed by atoms with van der Waals surface area (Å²) in [4.78, 5) is 2.45. The monoisotopic (exact) mass is 534 g/mol. The molecule has 1 fully saturated rings. The van der Waals surface area contributed by atoms with Gasteiger partial charge in [0.25, 0.3) is 0 Å². The number of nitrogens with one attached hydrogen (secondary N) is 1. The van der Waals surface area contributed by atoms with Crippen molar-refractivity contribution in [3.05, 3.63) is 93.7 Å². The van der Waals surface area contributed by atoms with E-state index in [0.717, 1.165) is 71.9 Å². The minimum absolute atomic E-state index is 0.317. The van der Waals surface area contributed by atoms with Crippen LogP contribution in [0.15, 0.2) is 72.0 Å². The second-order valence-electron chi connectivity index (χ2n) is 11.9. The van der Waals surface area contributed by atoms with Crippen molar-refractivity contribution in [2.24, 2.45) is 5.41 Å². The quantitative estimate of drug-likeness (QED) is 0.455. The van der Waals surface area contributed by atoms with Crippen LogP contribution < -0.4 is 10.1 Å². The molecule has 3 heterocycles. The number of rotatable bonds is 5. The van der Waals surface area contributed by atoms with E-state index < -0.39 is 11.2 Å². The summed E-state index contributed by atoms with van der Waals surface area (Å²) in [6.07, 6.45) is 8.17. The molecule has 0 aliphatic carbocycles. The van der Waals surface area contributed by atoms with Crippen LogP contribution >= 0.6 is 11.6 Å². The third kappa shape index (κ3) is 5.17. The molecule has 3 N–H and O–H groups in total. The van der Waals surface area contributed by atoms with E-state index in [1.165, 1.54) is 0 Å².